The maximum absolute atomic E-state index is 12.2. The molecular formula is C17H19NO6. The molecule has 1 saturated heterocycles. The number of ether oxygens (including phenoxy) is 3. The zero-order valence-electron chi connectivity index (χ0n) is 14.0. The second kappa shape index (κ2) is 6.74. The molecule has 7 nitrogen and oxygen atoms in total. The predicted octanol–water partition coefficient (Wildman–Crippen LogP) is 2.06. The van der Waals surface area contributed by atoms with Gasteiger partial charge in [0.1, 0.15) is 5.70 Å². The molecule has 0 aromatic heterocycles. The number of cyclic esters (lactones) is 2. The lowest BCUT2D eigenvalue weighted by molar-refractivity contribution is -0.222. The third-order valence-corrected chi connectivity index (χ3v) is 3.14. The van der Waals surface area contributed by atoms with Crippen LogP contribution < -0.4 is 5.32 Å². The van der Waals surface area contributed by atoms with Crippen molar-refractivity contribution < 1.29 is 28.6 Å². The maximum atomic E-state index is 12.2. The molecule has 2 rings (SSSR count). The smallest absolute Gasteiger partial charge is 0.355 e. The zero-order chi connectivity index (χ0) is 17.9. The van der Waals surface area contributed by atoms with Gasteiger partial charge in [-0.2, -0.15) is 0 Å². The van der Waals surface area contributed by atoms with Gasteiger partial charge in [0, 0.05) is 19.5 Å². The van der Waals surface area contributed by atoms with Crippen LogP contribution in [0.1, 0.15) is 26.3 Å². The number of benzene rings is 1. The second-order valence-electron chi connectivity index (χ2n) is 5.64. The van der Waals surface area contributed by atoms with Crippen molar-refractivity contribution in [2.24, 2.45) is 0 Å². The van der Waals surface area contributed by atoms with Gasteiger partial charge in [0.15, 0.2) is 5.57 Å². The fraction of sp³-hybridized carbons (Fsp3) is 0.353. The van der Waals surface area contributed by atoms with Crippen molar-refractivity contribution in [2.45, 2.75) is 33.5 Å². The Morgan fingerprint density at radius 3 is 2.17 bits per heavy atom. The SMILES string of the molecule is CCOC(=O)C(Nc1ccc(C)cc1)=C1C(=O)OC(C)(C)OC1=O. The molecule has 1 heterocycles. The zero-order valence-corrected chi connectivity index (χ0v) is 14.0. The molecule has 0 spiro atoms. The third-order valence-electron chi connectivity index (χ3n) is 3.14. The molecule has 7 heteroatoms. The lowest BCUT2D eigenvalue weighted by atomic mass is 10.1. The monoisotopic (exact) mass is 333 g/mol. The van der Waals surface area contributed by atoms with Crippen molar-refractivity contribution in [2.75, 3.05) is 11.9 Å². The Hall–Kier alpha value is -2.83. The Bertz CT molecular complexity index is 680. The van der Waals surface area contributed by atoms with Gasteiger partial charge in [-0.1, -0.05) is 17.7 Å². The second-order valence-corrected chi connectivity index (χ2v) is 5.64. The van der Waals surface area contributed by atoms with Crippen LogP contribution in [-0.4, -0.2) is 30.3 Å². The van der Waals surface area contributed by atoms with Crippen LogP contribution in [0.5, 0.6) is 0 Å². The van der Waals surface area contributed by atoms with Crippen LogP contribution in [0.3, 0.4) is 0 Å². The molecule has 1 fully saturated rings. The molecular weight excluding hydrogens is 314 g/mol. The molecule has 1 aliphatic heterocycles. The van der Waals surface area contributed by atoms with E-state index in [9.17, 15) is 14.4 Å². The molecule has 1 N–H and O–H groups in total. The van der Waals surface area contributed by atoms with Crippen molar-refractivity contribution >= 4 is 23.6 Å². The van der Waals surface area contributed by atoms with Crippen LogP contribution in [0, 0.1) is 6.92 Å². The minimum Gasteiger partial charge on any atom is -0.461 e. The quantitative estimate of drug-likeness (QED) is 0.512. The van der Waals surface area contributed by atoms with E-state index in [4.69, 9.17) is 14.2 Å². The van der Waals surface area contributed by atoms with E-state index in [2.05, 4.69) is 5.32 Å². The van der Waals surface area contributed by atoms with Gasteiger partial charge < -0.3 is 19.5 Å². The van der Waals surface area contributed by atoms with Crippen LogP contribution in [0.4, 0.5) is 5.69 Å². The van der Waals surface area contributed by atoms with E-state index in [1.165, 1.54) is 13.8 Å². The summed E-state index contributed by atoms with van der Waals surface area (Å²) in [6.07, 6.45) is 0. The van der Waals surface area contributed by atoms with Gasteiger partial charge in [-0.15, -0.1) is 0 Å². The maximum Gasteiger partial charge on any atom is 0.355 e. The Labute approximate surface area is 139 Å². The van der Waals surface area contributed by atoms with E-state index in [0.29, 0.717) is 5.69 Å². The van der Waals surface area contributed by atoms with Gasteiger partial charge in [0.05, 0.1) is 6.61 Å². The van der Waals surface area contributed by atoms with Gasteiger partial charge >= 0.3 is 17.9 Å². The first kappa shape index (κ1) is 17.5. The fourth-order valence-electron chi connectivity index (χ4n) is 2.06. The topological polar surface area (TPSA) is 90.9 Å². The Kier molecular flexibility index (Phi) is 4.92. The highest BCUT2D eigenvalue weighted by atomic mass is 16.7. The van der Waals surface area contributed by atoms with E-state index >= 15 is 0 Å². The number of esters is 3. The molecule has 128 valence electrons. The number of rotatable bonds is 4. The lowest BCUT2D eigenvalue weighted by Crippen LogP contribution is -2.43. The lowest BCUT2D eigenvalue weighted by Gasteiger charge is -2.30. The molecule has 0 amide bonds. The fourth-order valence-corrected chi connectivity index (χ4v) is 2.06. The standard InChI is InChI=1S/C17H19NO6/c1-5-22-16(21)13(18-11-8-6-10(2)7-9-11)12-14(19)23-17(3,4)24-15(12)20/h6-9,18H,5H2,1-4H3. The number of anilines is 1. The molecule has 0 atom stereocenters. The first-order valence-electron chi connectivity index (χ1n) is 7.45. The first-order chi connectivity index (χ1) is 11.2. The summed E-state index contributed by atoms with van der Waals surface area (Å²) in [5.74, 6) is -4.12. The molecule has 24 heavy (non-hydrogen) atoms. The van der Waals surface area contributed by atoms with Crippen LogP contribution in [0.15, 0.2) is 35.5 Å². The Morgan fingerprint density at radius 1 is 1.12 bits per heavy atom. The van der Waals surface area contributed by atoms with E-state index < -0.39 is 29.3 Å². The van der Waals surface area contributed by atoms with Crippen LogP contribution >= 0.6 is 0 Å². The van der Waals surface area contributed by atoms with Gasteiger partial charge in [-0.25, -0.2) is 14.4 Å². The van der Waals surface area contributed by atoms with Crippen molar-refractivity contribution in [1.82, 2.24) is 0 Å². The first-order valence-corrected chi connectivity index (χ1v) is 7.45. The average Bonchev–Trinajstić information content (AvgIpc) is 2.46. The minimum absolute atomic E-state index is 0.0841. The highest BCUT2D eigenvalue weighted by Gasteiger charge is 2.42. The summed E-state index contributed by atoms with van der Waals surface area (Å²) in [4.78, 5) is 36.6. The summed E-state index contributed by atoms with van der Waals surface area (Å²) < 4.78 is 15.0. The van der Waals surface area contributed by atoms with E-state index in [1.807, 2.05) is 19.1 Å². The van der Waals surface area contributed by atoms with E-state index in [1.54, 1.807) is 19.1 Å². The number of carbonyl (C=O) groups excluding carboxylic acids is 3. The summed E-state index contributed by atoms with van der Waals surface area (Å²) in [5, 5.41) is 2.75. The van der Waals surface area contributed by atoms with Crippen molar-refractivity contribution in [1.29, 1.82) is 0 Å². The largest absolute Gasteiger partial charge is 0.461 e. The highest BCUT2D eigenvalue weighted by molar-refractivity contribution is 6.20. The molecule has 1 aromatic carbocycles. The Balaban J connectivity index is 2.45. The van der Waals surface area contributed by atoms with Crippen molar-refractivity contribution in [3.05, 3.63) is 41.1 Å². The number of hydrogen-bond acceptors (Lipinski definition) is 7. The summed E-state index contributed by atoms with van der Waals surface area (Å²) in [5.41, 5.74) is 0.699. The van der Waals surface area contributed by atoms with Gasteiger partial charge in [-0.05, 0) is 26.0 Å². The highest BCUT2D eigenvalue weighted by Crippen LogP contribution is 2.26. The number of hydrogen-bond donors (Lipinski definition) is 1. The van der Waals surface area contributed by atoms with Crippen LogP contribution in [0.2, 0.25) is 0 Å². The summed E-state index contributed by atoms with van der Waals surface area (Å²) >= 11 is 0. The predicted molar refractivity (Wildman–Crippen MR) is 84.7 cm³/mol. The molecule has 1 aliphatic rings. The molecule has 0 radical (unpaired) electrons. The van der Waals surface area contributed by atoms with Gasteiger partial charge in [0.2, 0.25) is 0 Å². The van der Waals surface area contributed by atoms with Gasteiger partial charge in [0.25, 0.3) is 5.79 Å². The third kappa shape index (κ3) is 3.92. The molecule has 0 bridgehead atoms. The number of nitrogens with one attached hydrogen (secondary N) is 1. The molecule has 0 saturated carbocycles. The molecule has 0 aliphatic carbocycles. The van der Waals surface area contributed by atoms with Crippen molar-refractivity contribution in [3.8, 4) is 0 Å². The Morgan fingerprint density at radius 2 is 1.67 bits per heavy atom. The summed E-state index contributed by atoms with van der Waals surface area (Å²) in [6.45, 7) is 6.47. The summed E-state index contributed by atoms with van der Waals surface area (Å²) in [7, 11) is 0. The van der Waals surface area contributed by atoms with E-state index in [0.717, 1.165) is 5.56 Å². The number of aryl methyl sites for hydroxylation is 1. The normalized spacial score (nSPS) is 16.1. The van der Waals surface area contributed by atoms with Crippen LogP contribution in [0.25, 0.3) is 0 Å². The molecule has 0 unspecified atom stereocenters. The van der Waals surface area contributed by atoms with Crippen LogP contribution in [-0.2, 0) is 28.6 Å². The minimum atomic E-state index is -1.39. The van der Waals surface area contributed by atoms with Gasteiger partial charge in [-0.3, -0.25) is 0 Å². The number of carbonyl (C=O) groups is 3. The average molecular weight is 333 g/mol. The van der Waals surface area contributed by atoms with E-state index in [-0.39, 0.29) is 12.3 Å². The van der Waals surface area contributed by atoms with Crippen molar-refractivity contribution in [3.63, 3.8) is 0 Å². The summed E-state index contributed by atoms with van der Waals surface area (Å²) in [6, 6.07) is 7.05. The molecule has 1 aromatic rings.